The summed E-state index contributed by atoms with van der Waals surface area (Å²) in [7, 11) is 0. The summed E-state index contributed by atoms with van der Waals surface area (Å²) in [5.41, 5.74) is 1.36. The molecule has 0 spiro atoms. The third kappa shape index (κ3) is 4.03. The summed E-state index contributed by atoms with van der Waals surface area (Å²) in [5, 5.41) is 2.94. The summed E-state index contributed by atoms with van der Waals surface area (Å²) < 4.78 is 0. The summed E-state index contributed by atoms with van der Waals surface area (Å²) in [6, 6.07) is 14.7. The van der Waals surface area contributed by atoms with Crippen LogP contribution in [-0.4, -0.2) is 34.8 Å². The monoisotopic (exact) mass is 366 g/mol. The first kappa shape index (κ1) is 18.3. The van der Waals surface area contributed by atoms with Crippen molar-refractivity contribution in [3.8, 4) is 0 Å². The summed E-state index contributed by atoms with van der Waals surface area (Å²) >= 11 is 0. The summed E-state index contributed by atoms with van der Waals surface area (Å²) in [6.07, 6.45) is 0.738. The van der Waals surface area contributed by atoms with Gasteiger partial charge in [0.25, 0.3) is 11.8 Å². The zero-order chi connectivity index (χ0) is 19.4. The lowest BCUT2D eigenvalue weighted by Gasteiger charge is -2.17. The van der Waals surface area contributed by atoms with Gasteiger partial charge in [-0.25, -0.2) is 4.79 Å². The highest BCUT2D eigenvalue weighted by atomic mass is 16.7. The van der Waals surface area contributed by atoms with Crippen LogP contribution in [0.25, 0.3) is 0 Å². The van der Waals surface area contributed by atoms with Crippen LogP contribution in [0.15, 0.2) is 54.6 Å². The van der Waals surface area contributed by atoms with Crippen molar-refractivity contribution in [1.29, 1.82) is 0 Å². The van der Waals surface area contributed by atoms with Gasteiger partial charge in [-0.3, -0.25) is 14.4 Å². The fourth-order valence-corrected chi connectivity index (χ4v) is 2.69. The van der Waals surface area contributed by atoms with Crippen LogP contribution in [0.1, 0.15) is 39.6 Å². The number of benzene rings is 2. The summed E-state index contributed by atoms with van der Waals surface area (Å²) in [5.74, 6) is -2.62. The van der Waals surface area contributed by atoms with Gasteiger partial charge in [0.15, 0.2) is 0 Å². The van der Waals surface area contributed by atoms with Gasteiger partial charge in [-0.1, -0.05) is 47.5 Å². The molecule has 1 aliphatic heterocycles. The van der Waals surface area contributed by atoms with E-state index in [9.17, 15) is 19.2 Å². The second kappa shape index (κ2) is 7.82. The average molecular weight is 366 g/mol. The Morgan fingerprint density at radius 1 is 0.963 bits per heavy atom. The van der Waals surface area contributed by atoms with Crippen molar-refractivity contribution >= 4 is 23.7 Å². The maximum absolute atomic E-state index is 12.2. The molecule has 0 bridgehead atoms. The van der Waals surface area contributed by atoms with Crippen LogP contribution >= 0.6 is 0 Å². The average Bonchev–Trinajstić information content (AvgIpc) is 2.92. The molecule has 27 heavy (non-hydrogen) atoms. The molecule has 0 saturated carbocycles. The first-order valence-corrected chi connectivity index (χ1v) is 8.50. The van der Waals surface area contributed by atoms with Crippen molar-refractivity contribution in [3.63, 3.8) is 0 Å². The number of aryl methyl sites for hydroxylation is 1. The van der Waals surface area contributed by atoms with E-state index in [1.165, 1.54) is 19.1 Å². The minimum atomic E-state index is -1.00. The first-order valence-electron chi connectivity index (χ1n) is 8.50. The fourth-order valence-electron chi connectivity index (χ4n) is 2.69. The second-order valence-electron chi connectivity index (χ2n) is 6.14. The number of nitrogens with one attached hydrogen (secondary N) is 1. The Bertz CT molecular complexity index is 859. The Labute approximate surface area is 155 Å². The van der Waals surface area contributed by atoms with E-state index in [1.54, 1.807) is 12.1 Å². The number of hydrogen-bond donors (Lipinski definition) is 1. The Morgan fingerprint density at radius 2 is 1.52 bits per heavy atom. The van der Waals surface area contributed by atoms with Crippen molar-refractivity contribution in [2.45, 2.75) is 25.8 Å². The molecule has 1 aliphatic rings. The summed E-state index contributed by atoms with van der Waals surface area (Å²) in [4.78, 5) is 53.5. The predicted molar refractivity (Wildman–Crippen MR) is 95.4 cm³/mol. The van der Waals surface area contributed by atoms with Gasteiger partial charge in [-0.05, 0) is 31.0 Å². The number of hydroxylamine groups is 2. The fraction of sp³-hybridized carbons (Fsp3) is 0.200. The van der Waals surface area contributed by atoms with Gasteiger partial charge in [0.05, 0.1) is 11.1 Å². The predicted octanol–water partition coefficient (Wildman–Crippen LogP) is 1.88. The smallest absolute Gasteiger partial charge is 0.343 e. The van der Waals surface area contributed by atoms with Gasteiger partial charge in [-0.2, -0.15) is 0 Å². The van der Waals surface area contributed by atoms with Crippen molar-refractivity contribution in [2.75, 3.05) is 0 Å². The minimum absolute atomic E-state index is 0.176. The van der Waals surface area contributed by atoms with Crippen LogP contribution in [0.3, 0.4) is 0 Å². The maximum Gasteiger partial charge on any atom is 0.354 e. The van der Waals surface area contributed by atoms with Gasteiger partial charge in [0, 0.05) is 6.42 Å². The molecule has 0 saturated heterocycles. The maximum atomic E-state index is 12.2. The second-order valence-corrected chi connectivity index (χ2v) is 6.14. The molecule has 1 heterocycles. The number of amides is 3. The zero-order valence-corrected chi connectivity index (χ0v) is 14.7. The van der Waals surface area contributed by atoms with Crippen molar-refractivity contribution < 1.29 is 24.0 Å². The molecule has 0 radical (unpaired) electrons. The standard InChI is InChI=1S/C20H18N2O5/c1-13(21-17(23)12-11-14-7-3-2-4-8-14)20(26)27-22-18(24)15-9-5-6-10-16(15)19(22)25/h2-10,13H,11-12H2,1H3,(H,21,23)/t13-/m1/s1. The van der Waals surface area contributed by atoms with E-state index in [1.807, 2.05) is 30.3 Å². The molecular formula is C20H18N2O5. The lowest BCUT2D eigenvalue weighted by molar-refractivity contribution is -0.171. The number of rotatable bonds is 6. The summed E-state index contributed by atoms with van der Waals surface area (Å²) in [6.45, 7) is 1.43. The number of hydrogen-bond acceptors (Lipinski definition) is 5. The van der Waals surface area contributed by atoms with E-state index < -0.39 is 23.8 Å². The Kier molecular flexibility index (Phi) is 5.30. The Morgan fingerprint density at radius 3 is 2.11 bits per heavy atom. The van der Waals surface area contributed by atoms with Crippen LogP contribution < -0.4 is 5.32 Å². The molecule has 3 amide bonds. The van der Waals surface area contributed by atoms with E-state index in [2.05, 4.69) is 5.32 Å². The van der Waals surface area contributed by atoms with E-state index in [-0.39, 0.29) is 23.5 Å². The molecule has 7 nitrogen and oxygen atoms in total. The van der Waals surface area contributed by atoms with Crippen LogP contribution in [0.2, 0.25) is 0 Å². The number of fused-ring (bicyclic) bond motifs is 1. The van der Waals surface area contributed by atoms with Crippen LogP contribution in [0.4, 0.5) is 0 Å². The van der Waals surface area contributed by atoms with E-state index in [0.717, 1.165) is 5.56 Å². The zero-order valence-electron chi connectivity index (χ0n) is 14.7. The molecule has 0 aliphatic carbocycles. The van der Waals surface area contributed by atoms with Gasteiger partial charge in [-0.15, -0.1) is 0 Å². The molecule has 7 heteroatoms. The largest absolute Gasteiger partial charge is 0.354 e. The van der Waals surface area contributed by atoms with Gasteiger partial charge in [0.2, 0.25) is 5.91 Å². The molecular weight excluding hydrogens is 348 g/mol. The molecule has 138 valence electrons. The molecule has 3 rings (SSSR count). The highest BCUT2D eigenvalue weighted by molar-refractivity contribution is 6.20. The number of carbonyl (C=O) groups excluding carboxylic acids is 4. The first-order chi connectivity index (χ1) is 13.0. The quantitative estimate of drug-likeness (QED) is 0.788. The van der Waals surface area contributed by atoms with E-state index in [4.69, 9.17) is 4.84 Å². The molecule has 1 atom stereocenters. The minimum Gasteiger partial charge on any atom is -0.343 e. The topological polar surface area (TPSA) is 92.8 Å². The normalized spacial score (nSPS) is 13.9. The lowest BCUT2D eigenvalue weighted by Crippen LogP contribution is -2.43. The van der Waals surface area contributed by atoms with Gasteiger partial charge in [0.1, 0.15) is 6.04 Å². The SMILES string of the molecule is C[C@@H](NC(=O)CCc1ccccc1)C(=O)ON1C(=O)c2ccccc2C1=O. The van der Waals surface area contributed by atoms with Gasteiger partial charge >= 0.3 is 5.97 Å². The Balaban J connectivity index is 1.53. The lowest BCUT2D eigenvalue weighted by atomic mass is 10.1. The molecule has 0 fully saturated rings. The van der Waals surface area contributed by atoms with E-state index in [0.29, 0.717) is 11.5 Å². The van der Waals surface area contributed by atoms with Gasteiger partial charge < -0.3 is 10.2 Å². The molecule has 2 aromatic carbocycles. The number of nitrogens with zero attached hydrogens (tertiary/aromatic N) is 1. The molecule has 2 aromatic rings. The number of carbonyl (C=O) groups is 4. The van der Waals surface area contributed by atoms with Crippen molar-refractivity contribution in [3.05, 3.63) is 71.3 Å². The molecule has 1 N–H and O–H groups in total. The number of imide groups is 1. The molecule has 0 aromatic heterocycles. The van der Waals surface area contributed by atoms with Crippen LogP contribution in [-0.2, 0) is 20.8 Å². The third-order valence-corrected chi connectivity index (χ3v) is 4.15. The van der Waals surface area contributed by atoms with Crippen molar-refractivity contribution in [1.82, 2.24) is 10.4 Å². The third-order valence-electron chi connectivity index (χ3n) is 4.15. The van der Waals surface area contributed by atoms with Crippen LogP contribution in [0.5, 0.6) is 0 Å². The van der Waals surface area contributed by atoms with E-state index >= 15 is 0 Å². The highest BCUT2D eigenvalue weighted by Gasteiger charge is 2.39. The van der Waals surface area contributed by atoms with Crippen LogP contribution in [0, 0.1) is 0 Å². The highest BCUT2D eigenvalue weighted by Crippen LogP contribution is 2.22. The van der Waals surface area contributed by atoms with Crippen molar-refractivity contribution in [2.24, 2.45) is 0 Å². The Hall–Kier alpha value is -3.48. The molecule has 0 unspecified atom stereocenters.